The molecule has 1 aromatic rings. The fourth-order valence-corrected chi connectivity index (χ4v) is 1.45. The summed E-state index contributed by atoms with van der Waals surface area (Å²) >= 11 is 0. The Bertz CT molecular complexity index is 357. The van der Waals surface area contributed by atoms with Gasteiger partial charge >= 0.3 is 0 Å². The van der Waals surface area contributed by atoms with E-state index in [9.17, 15) is 0 Å². The molecule has 0 spiro atoms. The van der Waals surface area contributed by atoms with Gasteiger partial charge in [0.15, 0.2) is 0 Å². The van der Waals surface area contributed by atoms with Gasteiger partial charge in [-0.25, -0.2) is 0 Å². The van der Waals surface area contributed by atoms with E-state index in [1.165, 1.54) is 0 Å². The van der Waals surface area contributed by atoms with E-state index in [1.54, 1.807) is 6.07 Å². The Morgan fingerprint density at radius 3 is 2.80 bits per heavy atom. The molecule has 0 fully saturated rings. The predicted octanol–water partition coefficient (Wildman–Crippen LogP) is 1.59. The maximum Gasteiger partial charge on any atom is 0.0991 e. The van der Waals surface area contributed by atoms with Crippen LogP contribution in [0.1, 0.15) is 31.0 Å². The highest BCUT2D eigenvalue weighted by Crippen LogP contribution is 2.14. The molecule has 0 aliphatic heterocycles. The van der Waals surface area contributed by atoms with Crippen LogP contribution < -0.4 is 5.32 Å². The van der Waals surface area contributed by atoms with Crippen LogP contribution in [0.15, 0.2) is 24.3 Å². The van der Waals surface area contributed by atoms with Crippen LogP contribution in [-0.4, -0.2) is 17.8 Å². The minimum absolute atomic E-state index is 0.0609. The van der Waals surface area contributed by atoms with Crippen LogP contribution in [0.5, 0.6) is 0 Å². The highest BCUT2D eigenvalue weighted by Gasteiger charge is 2.08. The van der Waals surface area contributed by atoms with Crippen LogP contribution in [0.2, 0.25) is 0 Å². The highest BCUT2D eigenvalue weighted by molar-refractivity contribution is 5.34. The molecule has 0 radical (unpaired) electrons. The monoisotopic (exact) mass is 204 g/mol. The van der Waals surface area contributed by atoms with Crippen molar-refractivity contribution in [3.63, 3.8) is 0 Å². The van der Waals surface area contributed by atoms with E-state index in [-0.39, 0.29) is 18.7 Å². The fourth-order valence-electron chi connectivity index (χ4n) is 1.45. The number of nitriles is 1. The van der Waals surface area contributed by atoms with Crippen molar-refractivity contribution in [1.29, 1.82) is 5.26 Å². The molecule has 0 heterocycles. The first-order valence-electron chi connectivity index (χ1n) is 5.04. The molecule has 80 valence electrons. The zero-order valence-corrected chi connectivity index (χ0v) is 9.07. The van der Waals surface area contributed by atoms with Crippen molar-refractivity contribution in [3.05, 3.63) is 35.4 Å². The molecule has 2 N–H and O–H groups in total. The van der Waals surface area contributed by atoms with Crippen LogP contribution in [-0.2, 0) is 0 Å². The van der Waals surface area contributed by atoms with E-state index in [4.69, 9.17) is 10.4 Å². The molecule has 0 saturated carbocycles. The summed E-state index contributed by atoms with van der Waals surface area (Å²) in [5.74, 6) is 0. The highest BCUT2D eigenvalue weighted by atomic mass is 16.3. The lowest BCUT2D eigenvalue weighted by molar-refractivity contribution is 0.243. The average molecular weight is 204 g/mol. The normalized spacial score (nSPS) is 14.3. The molecule has 3 heteroatoms. The predicted molar refractivity (Wildman–Crippen MR) is 59.3 cm³/mol. The lowest BCUT2D eigenvalue weighted by atomic mass is 10.1. The van der Waals surface area contributed by atoms with Crippen LogP contribution in [0.25, 0.3) is 0 Å². The molecular formula is C12H16N2O. The second kappa shape index (κ2) is 5.50. The van der Waals surface area contributed by atoms with Crippen molar-refractivity contribution in [2.45, 2.75) is 25.9 Å². The molecule has 0 aromatic heterocycles. The molecule has 15 heavy (non-hydrogen) atoms. The molecule has 0 aliphatic rings. The van der Waals surface area contributed by atoms with Gasteiger partial charge in [-0.3, -0.25) is 0 Å². The summed E-state index contributed by atoms with van der Waals surface area (Å²) in [6.07, 6.45) is 0. The minimum Gasteiger partial charge on any atom is -0.395 e. The van der Waals surface area contributed by atoms with Crippen molar-refractivity contribution in [3.8, 4) is 6.07 Å². The van der Waals surface area contributed by atoms with Gasteiger partial charge in [0.1, 0.15) is 0 Å². The first-order chi connectivity index (χ1) is 7.17. The van der Waals surface area contributed by atoms with Crippen molar-refractivity contribution in [2.75, 3.05) is 6.61 Å². The van der Waals surface area contributed by atoms with E-state index < -0.39 is 0 Å². The number of nitrogens with zero attached hydrogens (tertiary/aromatic N) is 1. The molecule has 1 unspecified atom stereocenters. The van der Waals surface area contributed by atoms with Gasteiger partial charge in [0.2, 0.25) is 0 Å². The molecule has 1 rings (SSSR count). The second-order valence-corrected chi connectivity index (χ2v) is 3.71. The lowest BCUT2D eigenvalue weighted by Crippen LogP contribution is -2.31. The van der Waals surface area contributed by atoms with Gasteiger partial charge in [-0.15, -0.1) is 0 Å². The number of nitrogens with one attached hydrogen (secondary N) is 1. The van der Waals surface area contributed by atoms with Crippen LogP contribution in [0, 0.1) is 11.3 Å². The number of benzene rings is 1. The number of hydrogen-bond donors (Lipinski definition) is 2. The summed E-state index contributed by atoms with van der Waals surface area (Å²) in [6.45, 7) is 4.05. The third kappa shape index (κ3) is 3.35. The van der Waals surface area contributed by atoms with Crippen molar-refractivity contribution >= 4 is 0 Å². The zero-order valence-electron chi connectivity index (χ0n) is 9.07. The number of aliphatic hydroxyl groups excluding tert-OH is 1. The first-order valence-corrected chi connectivity index (χ1v) is 5.04. The van der Waals surface area contributed by atoms with E-state index in [2.05, 4.69) is 11.4 Å². The maximum atomic E-state index is 8.92. The number of rotatable bonds is 4. The van der Waals surface area contributed by atoms with Gasteiger partial charge in [-0.2, -0.15) is 5.26 Å². The van der Waals surface area contributed by atoms with Gasteiger partial charge in [0.25, 0.3) is 0 Å². The molecule has 0 saturated heterocycles. The van der Waals surface area contributed by atoms with E-state index >= 15 is 0 Å². The van der Waals surface area contributed by atoms with Crippen molar-refractivity contribution in [1.82, 2.24) is 5.32 Å². The van der Waals surface area contributed by atoms with Crippen LogP contribution >= 0.6 is 0 Å². The summed E-state index contributed by atoms with van der Waals surface area (Å²) < 4.78 is 0. The average Bonchev–Trinajstić information content (AvgIpc) is 2.28. The quantitative estimate of drug-likeness (QED) is 0.783. The molecule has 0 aliphatic carbocycles. The van der Waals surface area contributed by atoms with Gasteiger partial charge in [-0.05, 0) is 31.5 Å². The molecule has 2 atom stereocenters. The van der Waals surface area contributed by atoms with Crippen molar-refractivity contribution in [2.24, 2.45) is 0 Å². The Labute approximate surface area is 90.4 Å². The summed E-state index contributed by atoms with van der Waals surface area (Å²) in [6, 6.07) is 9.80. The second-order valence-electron chi connectivity index (χ2n) is 3.71. The SMILES string of the molecule is CC(N[C@H](C)CO)c1cccc(C#N)c1. The van der Waals surface area contributed by atoms with Gasteiger partial charge < -0.3 is 10.4 Å². The third-order valence-electron chi connectivity index (χ3n) is 2.32. The molecule has 1 aromatic carbocycles. The lowest BCUT2D eigenvalue weighted by Gasteiger charge is -2.18. The summed E-state index contributed by atoms with van der Waals surface area (Å²) in [5, 5.41) is 20.9. The zero-order chi connectivity index (χ0) is 11.3. The van der Waals surface area contributed by atoms with Crippen LogP contribution in [0.4, 0.5) is 0 Å². The van der Waals surface area contributed by atoms with E-state index in [1.807, 2.05) is 32.0 Å². The standard InChI is InChI=1S/C12H16N2O/c1-9(8-15)14-10(2)12-5-3-4-11(6-12)7-13/h3-6,9-10,14-15H,8H2,1-2H3/t9-,10?/m1/s1. The number of hydrogen-bond acceptors (Lipinski definition) is 3. The largest absolute Gasteiger partial charge is 0.395 e. The molecule has 3 nitrogen and oxygen atoms in total. The Hall–Kier alpha value is -1.37. The molecular weight excluding hydrogens is 188 g/mol. The number of aliphatic hydroxyl groups is 1. The Kier molecular flexibility index (Phi) is 4.29. The van der Waals surface area contributed by atoms with Crippen molar-refractivity contribution < 1.29 is 5.11 Å². The Morgan fingerprint density at radius 1 is 1.47 bits per heavy atom. The minimum atomic E-state index is 0.0609. The van der Waals surface area contributed by atoms with Gasteiger partial charge in [0.05, 0.1) is 18.2 Å². The van der Waals surface area contributed by atoms with Gasteiger partial charge in [-0.1, -0.05) is 12.1 Å². The van der Waals surface area contributed by atoms with E-state index in [0.29, 0.717) is 5.56 Å². The molecule has 0 amide bonds. The fraction of sp³-hybridized carbons (Fsp3) is 0.417. The Morgan fingerprint density at radius 2 is 2.20 bits per heavy atom. The van der Waals surface area contributed by atoms with Gasteiger partial charge in [0, 0.05) is 12.1 Å². The third-order valence-corrected chi connectivity index (χ3v) is 2.32. The van der Waals surface area contributed by atoms with E-state index in [0.717, 1.165) is 5.56 Å². The Balaban J connectivity index is 2.73. The first kappa shape index (κ1) is 11.7. The summed E-state index contributed by atoms with van der Waals surface area (Å²) in [5.41, 5.74) is 1.73. The topological polar surface area (TPSA) is 56.0 Å². The summed E-state index contributed by atoms with van der Waals surface area (Å²) in [7, 11) is 0. The smallest absolute Gasteiger partial charge is 0.0991 e. The molecule has 0 bridgehead atoms. The maximum absolute atomic E-state index is 8.92. The van der Waals surface area contributed by atoms with Crippen LogP contribution in [0.3, 0.4) is 0 Å². The summed E-state index contributed by atoms with van der Waals surface area (Å²) in [4.78, 5) is 0.